The molecule has 2 unspecified atom stereocenters. The summed E-state index contributed by atoms with van der Waals surface area (Å²) in [6, 6.07) is 19.4. The molecule has 5 heteroatoms. The molecule has 0 aliphatic heterocycles. The first-order valence-corrected chi connectivity index (χ1v) is 10.9. The number of carbonyl (C=O) groups excluding carboxylic acids is 1. The summed E-state index contributed by atoms with van der Waals surface area (Å²) in [5.74, 6) is 0.579. The number of nitrogens with zero attached hydrogens (tertiary/aromatic N) is 1. The lowest BCUT2D eigenvalue weighted by Gasteiger charge is -2.36. The Kier molecular flexibility index (Phi) is 7.94. The molecule has 31 heavy (non-hydrogen) atoms. The number of rotatable bonds is 6. The molecule has 0 spiro atoms. The molecular formula is C26H32ClN3O. The number of benzene rings is 2. The maximum atomic E-state index is 12.6. The summed E-state index contributed by atoms with van der Waals surface area (Å²) in [6.07, 6.45) is 7.85. The Labute approximate surface area is 191 Å². The number of likely N-dealkylation sites (N-methyl/N-ethyl adjacent to an activating group) is 1. The number of carbonyl (C=O) groups is 1. The van der Waals surface area contributed by atoms with E-state index >= 15 is 0 Å². The molecule has 1 aliphatic rings. The van der Waals surface area contributed by atoms with E-state index in [-0.39, 0.29) is 18.3 Å². The Morgan fingerprint density at radius 2 is 1.87 bits per heavy atom. The SMILES string of the molecule is CN(C)C1CC(c2ccccc2)CCC1=CC(=O)NCCc1c[nH]c2ccccc12.Cl. The van der Waals surface area contributed by atoms with Crippen LogP contribution in [0.3, 0.4) is 0 Å². The second-order valence-corrected chi connectivity index (χ2v) is 8.48. The Morgan fingerprint density at radius 3 is 2.65 bits per heavy atom. The summed E-state index contributed by atoms with van der Waals surface area (Å²) in [4.78, 5) is 18.2. The number of aromatic amines is 1. The topological polar surface area (TPSA) is 48.1 Å². The maximum absolute atomic E-state index is 12.6. The van der Waals surface area contributed by atoms with Crippen molar-refractivity contribution < 1.29 is 4.79 Å². The van der Waals surface area contributed by atoms with Crippen LogP contribution in [-0.2, 0) is 11.2 Å². The highest BCUT2D eigenvalue weighted by molar-refractivity contribution is 5.88. The van der Waals surface area contributed by atoms with Gasteiger partial charge < -0.3 is 15.2 Å². The lowest BCUT2D eigenvalue weighted by molar-refractivity contribution is -0.116. The van der Waals surface area contributed by atoms with E-state index in [9.17, 15) is 4.79 Å². The summed E-state index contributed by atoms with van der Waals surface area (Å²) in [6.45, 7) is 0.643. The predicted molar refractivity (Wildman–Crippen MR) is 131 cm³/mol. The van der Waals surface area contributed by atoms with Crippen molar-refractivity contribution >= 4 is 29.2 Å². The van der Waals surface area contributed by atoms with E-state index in [2.05, 4.69) is 77.8 Å². The Hall–Kier alpha value is -2.56. The van der Waals surface area contributed by atoms with Gasteiger partial charge in [-0.3, -0.25) is 4.79 Å². The summed E-state index contributed by atoms with van der Waals surface area (Å²) in [5, 5.41) is 4.32. The van der Waals surface area contributed by atoms with Gasteiger partial charge in [0.15, 0.2) is 0 Å². The van der Waals surface area contributed by atoms with E-state index in [0.29, 0.717) is 18.5 Å². The van der Waals surface area contributed by atoms with Crippen LogP contribution in [0.15, 0.2) is 72.4 Å². The van der Waals surface area contributed by atoms with Crippen LogP contribution >= 0.6 is 12.4 Å². The van der Waals surface area contributed by atoms with Gasteiger partial charge in [-0.15, -0.1) is 12.4 Å². The van der Waals surface area contributed by atoms with Crippen LogP contribution in [0.1, 0.15) is 36.3 Å². The van der Waals surface area contributed by atoms with Crippen molar-refractivity contribution in [3.05, 3.63) is 83.6 Å². The number of para-hydroxylation sites is 1. The highest BCUT2D eigenvalue weighted by Crippen LogP contribution is 2.37. The van der Waals surface area contributed by atoms with Crippen LogP contribution in [0.25, 0.3) is 10.9 Å². The highest BCUT2D eigenvalue weighted by atomic mass is 35.5. The third kappa shape index (κ3) is 5.57. The number of halogens is 1. The van der Waals surface area contributed by atoms with Crippen molar-refractivity contribution in [3.8, 4) is 0 Å². The average Bonchev–Trinajstić information content (AvgIpc) is 3.18. The molecule has 1 fully saturated rings. The fourth-order valence-corrected chi connectivity index (χ4v) is 4.66. The molecule has 1 amide bonds. The number of fused-ring (bicyclic) bond motifs is 1. The Bertz CT molecular complexity index is 1030. The van der Waals surface area contributed by atoms with E-state index in [4.69, 9.17) is 0 Å². The summed E-state index contributed by atoms with van der Waals surface area (Å²) in [7, 11) is 4.22. The van der Waals surface area contributed by atoms with Gasteiger partial charge in [0.25, 0.3) is 0 Å². The second kappa shape index (κ2) is 10.7. The normalized spacial score (nSPS) is 20.0. The third-order valence-corrected chi connectivity index (χ3v) is 6.30. The fraction of sp³-hybridized carbons (Fsp3) is 0.346. The molecule has 1 saturated carbocycles. The van der Waals surface area contributed by atoms with Crippen LogP contribution in [0, 0.1) is 0 Å². The van der Waals surface area contributed by atoms with Crippen molar-refractivity contribution in [2.24, 2.45) is 0 Å². The summed E-state index contributed by atoms with van der Waals surface area (Å²) >= 11 is 0. The highest BCUT2D eigenvalue weighted by Gasteiger charge is 2.28. The molecule has 0 bridgehead atoms. The molecule has 1 heterocycles. The van der Waals surface area contributed by atoms with Gasteiger partial charge >= 0.3 is 0 Å². The number of aromatic nitrogens is 1. The smallest absolute Gasteiger partial charge is 0.244 e. The quantitative estimate of drug-likeness (QED) is 0.529. The van der Waals surface area contributed by atoms with Crippen molar-refractivity contribution in [1.82, 2.24) is 15.2 Å². The van der Waals surface area contributed by atoms with E-state index in [0.717, 1.165) is 31.2 Å². The number of H-pyrrole nitrogens is 1. The minimum atomic E-state index is 0. The molecule has 164 valence electrons. The molecule has 2 atom stereocenters. The first-order chi connectivity index (χ1) is 14.6. The number of nitrogens with one attached hydrogen (secondary N) is 2. The van der Waals surface area contributed by atoms with Gasteiger partial charge in [0.05, 0.1) is 0 Å². The van der Waals surface area contributed by atoms with Crippen molar-refractivity contribution in [2.75, 3.05) is 20.6 Å². The van der Waals surface area contributed by atoms with Gasteiger partial charge in [-0.25, -0.2) is 0 Å². The number of hydrogen-bond donors (Lipinski definition) is 2. The monoisotopic (exact) mass is 437 g/mol. The second-order valence-electron chi connectivity index (χ2n) is 8.48. The zero-order valence-corrected chi connectivity index (χ0v) is 19.1. The molecule has 4 nitrogen and oxygen atoms in total. The Balaban J connectivity index is 0.00000272. The molecule has 3 aromatic rings. The Morgan fingerprint density at radius 1 is 1.13 bits per heavy atom. The molecule has 0 radical (unpaired) electrons. The van der Waals surface area contributed by atoms with Gasteiger partial charge in [0.2, 0.25) is 5.91 Å². The zero-order valence-electron chi connectivity index (χ0n) is 18.3. The van der Waals surface area contributed by atoms with Gasteiger partial charge in [0.1, 0.15) is 0 Å². The lowest BCUT2D eigenvalue weighted by Crippen LogP contribution is -2.36. The molecule has 1 aromatic heterocycles. The molecule has 0 saturated heterocycles. The van der Waals surface area contributed by atoms with Crippen molar-refractivity contribution in [2.45, 2.75) is 37.6 Å². The molecule has 2 N–H and O–H groups in total. The summed E-state index contributed by atoms with van der Waals surface area (Å²) in [5.41, 5.74) is 5.04. The van der Waals surface area contributed by atoms with E-state index in [1.54, 1.807) is 0 Å². The number of hydrogen-bond acceptors (Lipinski definition) is 2. The molecule has 4 rings (SSSR count). The van der Waals surface area contributed by atoms with Crippen LogP contribution in [0.5, 0.6) is 0 Å². The number of amides is 1. The lowest BCUT2D eigenvalue weighted by atomic mass is 9.78. The van der Waals surface area contributed by atoms with Crippen LogP contribution in [0.2, 0.25) is 0 Å². The standard InChI is InChI=1S/C26H31N3O.ClH/c1-29(2)25-16-20(19-8-4-3-5-9-19)12-13-21(25)17-26(30)27-15-14-22-18-28-24-11-7-6-10-23(22)24;/h3-11,17-18,20,25,28H,12-16H2,1-2H3,(H,27,30);1H. The van der Waals surface area contributed by atoms with Crippen LogP contribution < -0.4 is 5.32 Å². The largest absolute Gasteiger partial charge is 0.361 e. The van der Waals surface area contributed by atoms with E-state index in [1.165, 1.54) is 22.1 Å². The van der Waals surface area contributed by atoms with E-state index in [1.807, 2.05) is 18.3 Å². The molecule has 1 aliphatic carbocycles. The average molecular weight is 438 g/mol. The predicted octanol–water partition coefficient (Wildman–Crippen LogP) is 5.07. The van der Waals surface area contributed by atoms with Crippen molar-refractivity contribution in [1.29, 1.82) is 0 Å². The zero-order chi connectivity index (χ0) is 20.9. The van der Waals surface area contributed by atoms with Gasteiger partial charge in [0, 0.05) is 35.8 Å². The summed E-state index contributed by atoms with van der Waals surface area (Å²) < 4.78 is 0. The van der Waals surface area contributed by atoms with Crippen LogP contribution in [-0.4, -0.2) is 42.5 Å². The van der Waals surface area contributed by atoms with Gasteiger partial charge in [-0.2, -0.15) is 0 Å². The fourth-order valence-electron chi connectivity index (χ4n) is 4.66. The van der Waals surface area contributed by atoms with Gasteiger partial charge in [-0.1, -0.05) is 48.5 Å². The first-order valence-electron chi connectivity index (χ1n) is 10.9. The molecular weight excluding hydrogens is 406 g/mol. The minimum absolute atomic E-state index is 0. The van der Waals surface area contributed by atoms with E-state index < -0.39 is 0 Å². The third-order valence-electron chi connectivity index (χ3n) is 6.30. The van der Waals surface area contributed by atoms with Gasteiger partial charge in [-0.05, 0) is 68.5 Å². The van der Waals surface area contributed by atoms with Crippen molar-refractivity contribution in [3.63, 3.8) is 0 Å². The first kappa shape index (κ1) is 23.1. The minimum Gasteiger partial charge on any atom is -0.361 e. The van der Waals surface area contributed by atoms with Crippen LogP contribution in [0.4, 0.5) is 0 Å². The maximum Gasteiger partial charge on any atom is 0.244 e. The molecule has 2 aromatic carbocycles.